The van der Waals surface area contributed by atoms with Gasteiger partial charge in [-0.05, 0) is 29.3 Å². The molecule has 0 atom stereocenters. The van der Waals surface area contributed by atoms with E-state index in [-0.39, 0.29) is 16.7 Å². The van der Waals surface area contributed by atoms with Crippen LogP contribution < -0.4 is 10.1 Å². The third-order valence-electron chi connectivity index (χ3n) is 4.93. The first-order valence-corrected chi connectivity index (χ1v) is 11.4. The van der Waals surface area contributed by atoms with Crippen molar-refractivity contribution in [1.29, 1.82) is 0 Å². The van der Waals surface area contributed by atoms with Crippen molar-refractivity contribution in [1.82, 2.24) is 4.98 Å². The van der Waals surface area contributed by atoms with E-state index >= 15 is 0 Å². The van der Waals surface area contributed by atoms with Crippen LogP contribution in [0.3, 0.4) is 0 Å². The molecule has 158 valence electrons. The summed E-state index contributed by atoms with van der Waals surface area (Å²) in [7, 11) is -1.83. The molecule has 0 aliphatic carbocycles. The van der Waals surface area contributed by atoms with Crippen molar-refractivity contribution in [2.24, 2.45) is 0 Å². The van der Waals surface area contributed by atoms with E-state index in [0.29, 0.717) is 17.2 Å². The molecule has 0 bridgehead atoms. The highest BCUT2D eigenvalue weighted by Crippen LogP contribution is 2.32. The number of rotatable bonds is 7. The highest BCUT2D eigenvalue weighted by atomic mass is 32.2. The maximum Gasteiger partial charge on any atom is 0.299 e. The molecule has 0 fully saturated rings. The molecule has 0 aliphatic heterocycles. The van der Waals surface area contributed by atoms with Gasteiger partial charge in [-0.1, -0.05) is 61.5 Å². The second-order valence-electron chi connectivity index (χ2n) is 6.86. The van der Waals surface area contributed by atoms with Crippen LogP contribution in [0, 0.1) is 0 Å². The van der Waals surface area contributed by atoms with Crippen molar-refractivity contribution >= 4 is 21.5 Å². The van der Waals surface area contributed by atoms with Gasteiger partial charge in [-0.3, -0.25) is 0 Å². The van der Waals surface area contributed by atoms with Gasteiger partial charge in [-0.2, -0.15) is 0 Å². The Labute approximate surface area is 181 Å². The van der Waals surface area contributed by atoms with Gasteiger partial charge in [0.1, 0.15) is 5.75 Å². The van der Waals surface area contributed by atoms with E-state index in [2.05, 4.69) is 22.4 Å². The summed E-state index contributed by atoms with van der Waals surface area (Å²) >= 11 is 0. The van der Waals surface area contributed by atoms with Crippen molar-refractivity contribution in [3.8, 4) is 28.2 Å². The second-order valence-corrected chi connectivity index (χ2v) is 9.14. The summed E-state index contributed by atoms with van der Waals surface area (Å²) in [5.74, 6) is 1.10. The van der Waals surface area contributed by atoms with Crippen molar-refractivity contribution in [2.75, 3.05) is 18.2 Å². The maximum atomic E-state index is 12.2. The molecule has 0 saturated carbocycles. The van der Waals surface area contributed by atoms with Crippen LogP contribution in [0.25, 0.3) is 22.5 Å². The Morgan fingerprint density at radius 3 is 2.29 bits per heavy atom. The maximum absolute atomic E-state index is 12.2. The smallest absolute Gasteiger partial charge is 0.299 e. The van der Waals surface area contributed by atoms with Crippen molar-refractivity contribution < 1.29 is 17.6 Å². The van der Waals surface area contributed by atoms with Gasteiger partial charge in [-0.25, -0.2) is 13.4 Å². The summed E-state index contributed by atoms with van der Waals surface area (Å²) in [5, 5.41) is 3.02. The standard InChI is InChI=1S/C24H22N2O4S/c1-3-31(27,28)20-13-14-22(29-2)21(15-20)26-24-25-16-23(30-24)19-11-9-18(10-12-19)17-7-5-4-6-8-17/h4-16H,3H2,1-2H3,(H,25,26). The lowest BCUT2D eigenvalue weighted by Crippen LogP contribution is -2.05. The lowest BCUT2D eigenvalue weighted by molar-refractivity contribution is 0.416. The summed E-state index contributed by atoms with van der Waals surface area (Å²) in [4.78, 5) is 4.48. The SMILES string of the molecule is CCS(=O)(=O)c1ccc(OC)c(Nc2ncc(-c3ccc(-c4ccccc4)cc3)o2)c1. The Bertz CT molecular complexity index is 1280. The molecule has 7 heteroatoms. The third-order valence-corrected chi connectivity index (χ3v) is 6.67. The predicted octanol–water partition coefficient (Wildman–Crippen LogP) is 5.55. The summed E-state index contributed by atoms with van der Waals surface area (Å²) < 4.78 is 35.6. The van der Waals surface area contributed by atoms with Gasteiger partial charge in [0.15, 0.2) is 15.6 Å². The fourth-order valence-electron chi connectivity index (χ4n) is 3.18. The zero-order valence-corrected chi connectivity index (χ0v) is 18.0. The predicted molar refractivity (Wildman–Crippen MR) is 121 cm³/mol. The van der Waals surface area contributed by atoms with E-state index in [0.717, 1.165) is 16.7 Å². The van der Waals surface area contributed by atoms with Gasteiger partial charge >= 0.3 is 0 Å². The highest BCUT2D eigenvalue weighted by molar-refractivity contribution is 7.91. The van der Waals surface area contributed by atoms with Crippen LogP contribution in [-0.4, -0.2) is 26.3 Å². The lowest BCUT2D eigenvalue weighted by atomic mass is 10.0. The minimum Gasteiger partial charge on any atom is -0.495 e. The van der Waals surface area contributed by atoms with Crippen molar-refractivity contribution in [3.05, 3.63) is 79.0 Å². The Kier molecular flexibility index (Phi) is 5.77. The van der Waals surface area contributed by atoms with Crippen molar-refractivity contribution in [2.45, 2.75) is 11.8 Å². The molecular weight excluding hydrogens is 412 g/mol. The average Bonchev–Trinajstić information content (AvgIpc) is 3.28. The Hall–Kier alpha value is -3.58. The van der Waals surface area contributed by atoms with Gasteiger partial charge in [-0.15, -0.1) is 0 Å². The molecular formula is C24H22N2O4S. The quantitative estimate of drug-likeness (QED) is 0.410. The molecule has 0 radical (unpaired) electrons. The van der Waals surface area contributed by atoms with Gasteiger partial charge in [0, 0.05) is 5.56 Å². The number of nitrogens with one attached hydrogen (secondary N) is 1. The summed E-state index contributed by atoms with van der Waals surface area (Å²) in [6.45, 7) is 1.61. The topological polar surface area (TPSA) is 81.4 Å². The first kappa shape index (κ1) is 20.7. The number of nitrogens with zero attached hydrogens (tertiary/aromatic N) is 1. The summed E-state index contributed by atoms with van der Waals surface area (Å²) in [5.41, 5.74) is 3.60. The van der Waals surface area contributed by atoms with Gasteiger partial charge in [0.05, 0.1) is 29.6 Å². The molecule has 4 aromatic rings. The summed E-state index contributed by atoms with van der Waals surface area (Å²) in [6.07, 6.45) is 1.62. The number of sulfone groups is 1. The highest BCUT2D eigenvalue weighted by Gasteiger charge is 2.16. The van der Waals surface area contributed by atoms with Crippen LogP contribution in [0.4, 0.5) is 11.7 Å². The van der Waals surface area contributed by atoms with Gasteiger partial charge < -0.3 is 14.5 Å². The van der Waals surface area contributed by atoms with E-state index in [4.69, 9.17) is 9.15 Å². The van der Waals surface area contributed by atoms with Crippen LogP contribution in [0.2, 0.25) is 0 Å². The van der Waals surface area contributed by atoms with Crippen molar-refractivity contribution in [3.63, 3.8) is 0 Å². The number of anilines is 2. The molecule has 0 aliphatic rings. The van der Waals surface area contributed by atoms with E-state index < -0.39 is 9.84 Å². The molecule has 31 heavy (non-hydrogen) atoms. The molecule has 3 aromatic carbocycles. The average molecular weight is 435 g/mol. The van der Waals surface area contributed by atoms with Gasteiger partial charge in [0.2, 0.25) is 0 Å². The molecule has 0 unspecified atom stereocenters. The molecule has 1 heterocycles. The molecule has 1 N–H and O–H groups in total. The minimum absolute atomic E-state index is 0.0148. The fraction of sp³-hybridized carbons (Fsp3) is 0.125. The zero-order valence-electron chi connectivity index (χ0n) is 17.2. The first-order chi connectivity index (χ1) is 15.0. The van der Waals surface area contributed by atoms with Crippen LogP contribution in [0.5, 0.6) is 5.75 Å². The number of hydrogen-bond acceptors (Lipinski definition) is 6. The molecule has 0 saturated heterocycles. The van der Waals surface area contributed by atoms with Gasteiger partial charge in [0.25, 0.3) is 6.01 Å². The fourth-order valence-corrected chi connectivity index (χ4v) is 4.09. The summed E-state index contributed by atoms with van der Waals surface area (Å²) in [6, 6.07) is 23.0. The zero-order chi connectivity index (χ0) is 21.8. The number of methoxy groups -OCH3 is 1. The molecule has 4 rings (SSSR count). The largest absolute Gasteiger partial charge is 0.495 e. The number of benzene rings is 3. The Morgan fingerprint density at radius 1 is 0.935 bits per heavy atom. The number of aromatic nitrogens is 1. The Balaban J connectivity index is 1.58. The van der Waals surface area contributed by atoms with E-state index in [9.17, 15) is 8.42 Å². The molecule has 0 spiro atoms. The monoisotopic (exact) mass is 434 g/mol. The van der Waals surface area contributed by atoms with Crippen LogP contribution in [0.15, 0.2) is 88.3 Å². The van der Waals surface area contributed by atoms with Crippen LogP contribution >= 0.6 is 0 Å². The normalized spacial score (nSPS) is 11.3. The van der Waals surface area contributed by atoms with Crippen LogP contribution in [0.1, 0.15) is 6.92 Å². The second kappa shape index (κ2) is 8.65. The van der Waals surface area contributed by atoms with Crippen LogP contribution in [-0.2, 0) is 9.84 Å². The first-order valence-electron chi connectivity index (χ1n) is 9.79. The van der Waals surface area contributed by atoms with E-state index in [1.54, 1.807) is 19.2 Å². The number of oxazole rings is 1. The Morgan fingerprint density at radius 2 is 1.61 bits per heavy atom. The van der Waals surface area contributed by atoms with E-state index in [1.165, 1.54) is 19.2 Å². The number of ether oxygens (including phenoxy) is 1. The van der Waals surface area contributed by atoms with E-state index in [1.807, 2.05) is 42.5 Å². The molecule has 1 aromatic heterocycles. The molecule has 0 amide bonds. The molecule has 6 nitrogen and oxygen atoms in total. The minimum atomic E-state index is -3.35. The number of hydrogen-bond donors (Lipinski definition) is 1. The lowest BCUT2D eigenvalue weighted by Gasteiger charge is -2.11. The third kappa shape index (κ3) is 4.46.